The predicted molar refractivity (Wildman–Crippen MR) is 148 cm³/mol. The van der Waals surface area contributed by atoms with Crippen LogP contribution in [0, 0.1) is 18.8 Å². The molecule has 4 rings (SSSR count). The van der Waals surface area contributed by atoms with Crippen molar-refractivity contribution in [1.82, 2.24) is 14.9 Å². The number of halogens is 3. The third kappa shape index (κ3) is 9.32. The average Bonchev–Trinajstić information content (AvgIpc) is 2.90. The first kappa shape index (κ1) is 32.9. The quantitative estimate of drug-likeness (QED) is 0.482. The van der Waals surface area contributed by atoms with Crippen molar-refractivity contribution in [3.63, 3.8) is 0 Å². The molecule has 2 aromatic heterocycles. The molecule has 0 bridgehead atoms. The number of aromatic nitrogens is 2. The monoisotopic (exact) mass is 533 g/mol. The van der Waals surface area contributed by atoms with Gasteiger partial charge in [0.15, 0.2) is 0 Å². The van der Waals surface area contributed by atoms with Crippen molar-refractivity contribution in [3.8, 4) is 12.8 Å². The van der Waals surface area contributed by atoms with Crippen LogP contribution in [0.4, 0.5) is 18.9 Å². The highest BCUT2D eigenvalue weighted by Crippen LogP contribution is 2.33. The molecule has 1 saturated heterocycles. The Morgan fingerprint density at radius 3 is 2.42 bits per heavy atom. The minimum atomic E-state index is -4.47. The Labute approximate surface area is 225 Å². The van der Waals surface area contributed by atoms with Gasteiger partial charge in [-0.05, 0) is 54.5 Å². The number of pyridine rings is 2. The summed E-state index contributed by atoms with van der Waals surface area (Å²) in [6, 6.07) is 4.48. The van der Waals surface area contributed by atoms with Gasteiger partial charge in [-0.25, -0.2) is 4.98 Å². The van der Waals surface area contributed by atoms with Crippen molar-refractivity contribution in [3.05, 3.63) is 52.6 Å². The number of fused-ring (bicyclic) bond motifs is 1. The van der Waals surface area contributed by atoms with Crippen LogP contribution in [0.3, 0.4) is 0 Å². The molecular weight excluding hydrogens is 491 g/mol. The first-order valence-electron chi connectivity index (χ1n) is 13.3. The molecule has 0 aliphatic carbocycles. The maximum Gasteiger partial charge on any atom is 0.433 e. The lowest BCUT2D eigenvalue weighted by Gasteiger charge is -2.37. The van der Waals surface area contributed by atoms with Crippen LogP contribution in [0.5, 0.6) is 0 Å². The number of amides is 1. The zero-order valence-electron chi connectivity index (χ0n) is 23.3. The number of nitrogens with two attached hydrogens (primary N) is 1. The number of piperidine rings is 1. The molecule has 1 amide bonds. The fraction of sp³-hybridized carbons (Fsp3) is 0.552. The number of hydrogen-bond donors (Lipinski definition) is 1. The molecule has 38 heavy (non-hydrogen) atoms. The molecule has 0 spiro atoms. The fourth-order valence-corrected chi connectivity index (χ4v) is 4.51. The lowest BCUT2D eigenvalue weighted by molar-refractivity contribution is -0.141. The molecule has 1 atom stereocenters. The van der Waals surface area contributed by atoms with Crippen molar-refractivity contribution in [1.29, 1.82) is 0 Å². The minimum absolute atomic E-state index is 0.233. The van der Waals surface area contributed by atoms with Crippen LogP contribution in [-0.4, -0.2) is 40.4 Å². The largest absolute Gasteiger partial charge is 0.433 e. The van der Waals surface area contributed by atoms with Crippen molar-refractivity contribution in [2.75, 3.05) is 24.5 Å². The summed E-state index contributed by atoms with van der Waals surface area (Å²) in [6.07, 6.45) is 8.98. The molecule has 0 aromatic carbocycles. The number of hydrogen-bond acceptors (Lipinski definition) is 5. The predicted octanol–water partition coefficient (Wildman–Crippen LogP) is 6.08. The van der Waals surface area contributed by atoms with Crippen molar-refractivity contribution >= 4 is 11.6 Å². The van der Waals surface area contributed by atoms with Crippen molar-refractivity contribution in [2.45, 2.75) is 79.6 Å². The van der Waals surface area contributed by atoms with E-state index in [1.165, 1.54) is 19.0 Å². The number of primary amides is 1. The highest BCUT2D eigenvalue weighted by atomic mass is 19.4. The Morgan fingerprint density at radius 2 is 1.84 bits per heavy atom. The summed E-state index contributed by atoms with van der Waals surface area (Å²) < 4.78 is 38.9. The van der Waals surface area contributed by atoms with Gasteiger partial charge < -0.3 is 10.6 Å². The zero-order valence-corrected chi connectivity index (χ0v) is 23.3. The topological polar surface area (TPSA) is 75.3 Å². The van der Waals surface area contributed by atoms with Gasteiger partial charge in [0.1, 0.15) is 11.4 Å². The van der Waals surface area contributed by atoms with Crippen LogP contribution in [-0.2, 0) is 25.7 Å². The molecule has 2 aromatic rings. The summed E-state index contributed by atoms with van der Waals surface area (Å²) >= 11 is 0. The van der Waals surface area contributed by atoms with Crippen LogP contribution in [0.1, 0.15) is 86.9 Å². The van der Waals surface area contributed by atoms with Crippen LogP contribution in [0.25, 0.3) is 0 Å². The lowest BCUT2D eigenvalue weighted by Crippen LogP contribution is -2.38. The van der Waals surface area contributed by atoms with Gasteiger partial charge in [0, 0.05) is 44.6 Å². The summed E-state index contributed by atoms with van der Waals surface area (Å²) in [7, 11) is 0. The number of carbonyl (C=O) groups excluding carboxylic acids is 1. The Kier molecular flexibility index (Phi) is 13.8. The molecule has 210 valence electrons. The van der Waals surface area contributed by atoms with E-state index < -0.39 is 17.8 Å². The summed E-state index contributed by atoms with van der Waals surface area (Å²) in [4.78, 5) is 24.2. The van der Waals surface area contributed by atoms with E-state index >= 15 is 0 Å². The third-order valence-corrected chi connectivity index (χ3v) is 6.01. The van der Waals surface area contributed by atoms with E-state index in [4.69, 9.17) is 5.73 Å². The molecule has 2 aliphatic heterocycles. The van der Waals surface area contributed by atoms with Gasteiger partial charge >= 0.3 is 6.18 Å². The summed E-state index contributed by atoms with van der Waals surface area (Å²) in [5.74, 6) is -0.000569. The van der Waals surface area contributed by atoms with Crippen LogP contribution < -0.4 is 10.6 Å². The molecule has 0 unspecified atom stereocenters. The Morgan fingerprint density at radius 1 is 1.18 bits per heavy atom. The normalized spacial score (nSPS) is 16.9. The molecule has 4 heterocycles. The van der Waals surface area contributed by atoms with Crippen molar-refractivity contribution in [2.24, 2.45) is 11.7 Å². The average molecular weight is 534 g/mol. The Balaban J connectivity index is 0.000000944. The smallest absolute Gasteiger partial charge is 0.371 e. The number of anilines is 1. The molecular formula is C29H42F3N5O. The van der Waals surface area contributed by atoms with Gasteiger partial charge in [-0.1, -0.05) is 41.0 Å². The standard InChI is InChI=1S/C22H26F3N5O.C3H8.C2H6.C2H2/c1-14-3-2-7-30(11-14)19-10-17(21(26)31)28-18-13-29(8-5-16(18)19)12-15-4-6-27-20(9-15)22(23,24)25;1-3-2;2*1-2/h4,6,9-10,14H,2-3,5,7-8,11-13H2,1H3,(H2,26,31);3H2,1-2H3;1-2H3;1-2H/t14-;;;/m0.../s1. The molecule has 9 heteroatoms. The first-order valence-corrected chi connectivity index (χ1v) is 13.3. The van der Waals surface area contributed by atoms with Crippen molar-refractivity contribution < 1.29 is 18.0 Å². The summed E-state index contributed by atoms with van der Waals surface area (Å²) in [6.45, 7) is 13.8. The number of alkyl halides is 3. The molecule has 0 radical (unpaired) electrons. The lowest BCUT2D eigenvalue weighted by atomic mass is 9.96. The SMILES string of the molecule is C#C.CC.CCC.C[C@H]1CCCN(c2cc(C(N)=O)nc3c2CCN(Cc2ccnc(C(F)(F)F)c2)C3)C1. The zero-order chi connectivity index (χ0) is 28.9. The maximum atomic E-state index is 13.0. The van der Waals surface area contributed by atoms with E-state index in [9.17, 15) is 18.0 Å². The second-order valence-corrected chi connectivity index (χ2v) is 9.22. The van der Waals surface area contributed by atoms with Gasteiger partial charge in [0.25, 0.3) is 5.91 Å². The molecule has 2 aliphatic rings. The summed E-state index contributed by atoms with van der Waals surface area (Å²) in [5.41, 5.74) is 8.34. The van der Waals surface area contributed by atoms with E-state index in [1.807, 2.05) is 18.7 Å². The second kappa shape index (κ2) is 16.0. The van der Waals surface area contributed by atoms with Gasteiger partial charge in [0.2, 0.25) is 0 Å². The number of carbonyl (C=O) groups is 1. The number of terminal acetylenes is 1. The number of nitrogens with zero attached hydrogens (tertiary/aromatic N) is 4. The minimum Gasteiger partial charge on any atom is -0.371 e. The van der Waals surface area contributed by atoms with E-state index in [2.05, 4.69) is 48.5 Å². The van der Waals surface area contributed by atoms with E-state index in [0.717, 1.165) is 48.9 Å². The maximum absolute atomic E-state index is 13.0. The van der Waals surface area contributed by atoms with Gasteiger partial charge in [-0.3, -0.25) is 14.7 Å². The second-order valence-electron chi connectivity index (χ2n) is 9.22. The highest BCUT2D eigenvalue weighted by Gasteiger charge is 2.33. The van der Waals surface area contributed by atoms with E-state index in [-0.39, 0.29) is 5.69 Å². The van der Waals surface area contributed by atoms with E-state index in [1.54, 1.807) is 12.1 Å². The molecule has 2 N–H and O–H groups in total. The molecule has 0 saturated carbocycles. The van der Waals surface area contributed by atoms with Crippen LogP contribution >= 0.6 is 0 Å². The Hall–Kier alpha value is -3.12. The van der Waals surface area contributed by atoms with Gasteiger partial charge in [0.05, 0.1) is 5.69 Å². The number of rotatable bonds is 4. The first-order chi connectivity index (χ1) is 18.1. The Bertz CT molecular complexity index is 1040. The fourth-order valence-electron chi connectivity index (χ4n) is 4.51. The summed E-state index contributed by atoms with van der Waals surface area (Å²) in [5, 5.41) is 0. The van der Waals surface area contributed by atoms with Gasteiger partial charge in [-0.2, -0.15) is 13.2 Å². The third-order valence-electron chi connectivity index (χ3n) is 6.01. The highest BCUT2D eigenvalue weighted by molar-refractivity contribution is 5.92. The van der Waals surface area contributed by atoms with Crippen LogP contribution in [0.15, 0.2) is 24.4 Å². The van der Waals surface area contributed by atoms with E-state index in [0.29, 0.717) is 31.1 Å². The van der Waals surface area contributed by atoms with Crippen LogP contribution in [0.2, 0.25) is 0 Å². The molecule has 6 nitrogen and oxygen atoms in total. The molecule has 1 fully saturated rings. The van der Waals surface area contributed by atoms with Gasteiger partial charge in [-0.15, -0.1) is 12.8 Å².